The molecule has 4 heteroatoms. The van der Waals surface area contributed by atoms with Gasteiger partial charge in [0, 0.05) is 25.2 Å². The maximum Gasteiger partial charge on any atom is 0.161 e. The Morgan fingerprint density at radius 2 is 1.89 bits per heavy atom. The normalized spacial score (nSPS) is 26.9. The van der Waals surface area contributed by atoms with Crippen molar-refractivity contribution in [1.82, 2.24) is 10.6 Å². The summed E-state index contributed by atoms with van der Waals surface area (Å²) in [5.74, 6) is 1.75. The van der Waals surface area contributed by atoms with Gasteiger partial charge in [-0.05, 0) is 31.0 Å². The third-order valence-corrected chi connectivity index (χ3v) is 3.66. The van der Waals surface area contributed by atoms with E-state index in [0.29, 0.717) is 25.3 Å². The highest BCUT2D eigenvalue weighted by molar-refractivity contribution is 5.44. The molecule has 2 unspecified atom stereocenters. The summed E-state index contributed by atoms with van der Waals surface area (Å²) in [6.45, 7) is 5.63. The monoisotopic (exact) mass is 248 g/mol. The smallest absolute Gasteiger partial charge is 0.161 e. The van der Waals surface area contributed by atoms with Crippen LogP contribution in [0.5, 0.6) is 11.5 Å². The first-order valence-corrected chi connectivity index (χ1v) is 6.68. The molecule has 2 aliphatic heterocycles. The largest absolute Gasteiger partial charge is 0.486 e. The van der Waals surface area contributed by atoms with Crippen molar-refractivity contribution in [2.45, 2.75) is 25.4 Å². The molecule has 4 nitrogen and oxygen atoms in total. The fraction of sp³-hybridized carbons (Fsp3) is 0.571. The van der Waals surface area contributed by atoms with E-state index in [1.54, 1.807) is 0 Å². The summed E-state index contributed by atoms with van der Waals surface area (Å²) < 4.78 is 11.2. The van der Waals surface area contributed by atoms with Crippen LogP contribution in [0.2, 0.25) is 0 Å². The molecule has 0 aliphatic carbocycles. The number of fused-ring (bicyclic) bond motifs is 1. The first-order valence-electron chi connectivity index (χ1n) is 6.68. The molecule has 3 rings (SSSR count). The Morgan fingerprint density at radius 1 is 1.11 bits per heavy atom. The van der Waals surface area contributed by atoms with E-state index in [4.69, 9.17) is 9.47 Å². The van der Waals surface area contributed by atoms with Crippen molar-refractivity contribution in [3.63, 3.8) is 0 Å². The maximum atomic E-state index is 5.62. The molecular formula is C14H20N2O2. The Labute approximate surface area is 108 Å². The number of rotatable bonds is 2. The zero-order valence-electron chi connectivity index (χ0n) is 10.7. The lowest BCUT2D eigenvalue weighted by molar-refractivity contribution is 0.171. The molecule has 1 saturated heterocycles. The Morgan fingerprint density at radius 3 is 2.72 bits per heavy atom. The topological polar surface area (TPSA) is 42.5 Å². The molecular weight excluding hydrogens is 228 g/mol. The van der Waals surface area contributed by atoms with E-state index in [1.165, 1.54) is 5.56 Å². The highest BCUT2D eigenvalue weighted by atomic mass is 16.6. The highest BCUT2D eigenvalue weighted by Crippen LogP contribution is 2.31. The quantitative estimate of drug-likeness (QED) is 0.818. The van der Waals surface area contributed by atoms with Crippen LogP contribution < -0.4 is 20.1 Å². The summed E-state index contributed by atoms with van der Waals surface area (Å²) in [6, 6.07) is 7.26. The van der Waals surface area contributed by atoms with Crippen molar-refractivity contribution in [3.05, 3.63) is 23.8 Å². The van der Waals surface area contributed by atoms with Gasteiger partial charge in [-0.3, -0.25) is 0 Å². The Kier molecular flexibility index (Phi) is 3.39. The van der Waals surface area contributed by atoms with E-state index in [2.05, 4.69) is 29.7 Å². The van der Waals surface area contributed by atoms with E-state index in [-0.39, 0.29) is 0 Å². The minimum absolute atomic E-state index is 0.487. The van der Waals surface area contributed by atoms with Crippen LogP contribution in [-0.4, -0.2) is 38.4 Å². The minimum atomic E-state index is 0.487. The van der Waals surface area contributed by atoms with Crippen molar-refractivity contribution < 1.29 is 9.47 Å². The number of hydrogen-bond donors (Lipinski definition) is 2. The highest BCUT2D eigenvalue weighted by Gasteiger charge is 2.21. The average molecular weight is 248 g/mol. The zero-order valence-corrected chi connectivity index (χ0v) is 10.7. The number of hydrogen-bond acceptors (Lipinski definition) is 4. The molecule has 1 aromatic carbocycles. The fourth-order valence-electron chi connectivity index (χ4n) is 2.59. The first-order chi connectivity index (χ1) is 8.83. The molecule has 0 amide bonds. The van der Waals surface area contributed by atoms with Crippen molar-refractivity contribution >= 4 is 0 Å². The summed E-state index contributed by atoms with van der Waals surface area (Å²) in [4.78, 5) is 0. The molecule has 1 aromatic rings. The van der Waals surface area contributed by atoms with Crippen LogP contribution in [0.4, 0.5) is 0 Å². The molecule has 0 saturated carbocycles. The molecule has 2 atom stereocenters. The molecule has 18 heavy (non-hydrogen) atoms. The van der Waals surface area contributed by atoms with Gasteiger partial charge in [0.05, 0.1) is 0 Å². The van der Waals surface area contributed by atoms with Crippen molar-refractivity contribution in [2.24, 2.45) is 0 Å². The molecule has 2 aliphatic rings. The van der Waals surface area contributed by atoms with Gasteiger partial charge in [0.2, 0.25) is 0 Å². The third kappa shape index (κ3) is 2.44. The number of nitrogens with one attached hydrogen (secondary N) is 2. The van der Waals surface area contributed by atoms with Gasteiger partial charge in [0.15, 0.2) is 11.5 Å². The molecule has 2 heterocycles. The second-order valence-corrected chi connectivity index (χ2v) is 4.99. The minimum Gasteiger partial charge on any atom is -0.486 e. The standard InChI is InChI=1S/C14H20N2O2/c1-10-12(16-5-4-15-10)8-11-2-3-13-14(9-11)18-7-6-17-13/h2-3,9-10,12,15-16H,4-8H2,1H3. The number of benzene rings is 1. The molecule has 2 N–H and O–H groups in total. The summed E-state index contributed by atoms with van der Waals surface area (Å²) >= 11 is 0. The van der Waals surface area contributed by atoms with Gasteiger partial charge in [-0.25, -0.2) is 0 Å². The molecule has 0 radical (unpaired) electrons. The molecule has 0 bridgehead atoms. The lowest BCUT2D eigenvalue weighted by Crippen LogP contribution is -2.55. The van der Waals surface area contributed by atoms with Gasteiger partial charge < -0.3 is 20.1 Å². The van der Waals surface area contributed by atoms with Crippen molar-refractivity contribution in [2.75, 3.05) is 26.3 Å². The first kappa shape index (κ1) is 11.8. The van der Waals surface area contributed by atoms with Gasteiger partial charge in [-0.15, -0.1) is 0 Å². The SMILES string of the molecule is CC1NCCNC1Cc1ccc2c(c1)OCCO2. The Hall–Kier alpha value is -1.26. The second-order valence-electron chi connectivity index (χ2n) is 4.99. The van der Waals surface area contributed by atoms with Crippen molar-refractivity contribution in [1.29, 1.82) is 0 Å². The summed E-state index contributed by atoms with van der Waals surface area (Å²) in [5.41, 5.74) is 1.30. The fourth-order valence-corrected chi connectivity index (χ4v) is 2.59. The van der Waals surface area contributed by atoms with Crippen LogP contribution in [0, 0.1) is 0 Å². The molecule has 0 aromatic heterocycles. The van der Waals surface area contributed by atoms with Crippen LogP contribution in [0.1, 0.15) is 12.5 Å². The summed E-state index contributed by atoms with van der Waals surface area (Å²) in [6.07, 6.45) is 1.02. The van der Waals surface area contributed by atoms with Gasteiger partial charge in [-0.2, -0.15) is 0 Å². The summed E-state index contributed by atoms with van der Waals surface area (Å²) in [5, 5.41) is 7.06. The average Bonchev–Trinajstić information content (AvgIpc) is 2.41. The molecule has 98 valence electrons. The van der Waals surface area contributed by atoms with Crippen molar-refractivity contribution in [3.8, 4) is 11.5 Å². The Balaban J connectivity index is 1.72. The lowest BCUT2D eigenvalue weighted by atomic mass is 9.98. The van der Waals surface area contributed by atoms with Crippen LogP contribution in [0.15, 0.2) is 18.2 Å². The maximum absolute atomic E-state index is 5.62. The van der Waals surface area contributed by atoms with E-state index >= 15 is 0 Å². The zero-order chi connectivity index (χ0) is 12.4. The number of piperazine rings is 1. The number of ether oxygens (including phenoxy) is 2. The van der Waals surface area contributed by atoms with E-state index < -0.39 is 0 Å². The predicted molar refractivity (Wildman–Crippen MR) is 70.4 cm³/mol. The second kappa shape index (κ2) is 5.16. The van der Waals surface area contributed by atoms with E-state index in [0.717, 1.165) is 31.0 Å². The molecule has 0 spiro atoms. The predicted octanol–water partition coefficient (Wildman–Crippen LogP) is 0.950. The van der Waals surface area contributed by atoms with E-state index in [1.807, 2.05) is 6.07 Å². The lowest BCUT2D eigenvalue weighted by Gasteiger charge is -2.31. The molecule has 1 fully saturated rings. The van der Waals surface area contributed by atoms with Crippen LogP contribution in [0.25, 0.3) is 0 Å². The third-order valence-electron chi connectivity index (χ3n) is 3.66. The van der Waals surface area contributed by atoms with Gasteiger partial charge >= 0.3 is 0 Å². The van der Waals surface area contributed by atoms with Crippen LogP contribution >= 0.6 is 0 Å². The van der Waals surface area contributed by atoms with E-state index in [9.17, 15) is 0 Å². The van der Waals surface area contributed by atoms with Crippen LogP contribution in [0.3, 0.4) is 0 Å². The van der Waals surface area contributed by atoms with Crippen LogP contribution in [-0.2, 0) is 6.42 Å². The summed E-state index contributed by atoms with van der Waals surface area (Å²) in [7, 11) is 0. The van der Waals surface area contributed by atoms with Gasteiger partial charge in [0.25, 0.3) is 0 Å². The Bertz CT molecular complexity index is 422. The van der Waals surface area contributed by atoms with Gasteiger partial charge in [-0.1, -0.05) is 6.07 Å². The van der Waals surface area contributed by atoms with Gasteiger partial charge in [0.1, 0.15) is 13.2 Å².